The molecule has 0 aromatic heterocycles. The van der Waals surface area contributed by atoms with Crippen LogP contribution in [0.1, 0.15) is 12.8 Å². The molecule has 1 rings (SSSR count). The zero-order chi connectivity index (χ0) is 9.52. The third-order valence-electron chi connectivity index (χ3n) is 1.80. The maximum Gasteiger partial charge on any atom is 0.233 e. The standard InChI is InChI=1S/C7H12N4OS/c8-11-10-4-3-9-7(12)6-2-1-5-13-6/h6H,1-5H2,(H,9,12). The van der Waals surface area contributed by atoms with Crippen LogP contribution in [0.3, 0.4) is 0 Å². The second-order valence-corrected chi connectivity index (χ2v) is 4.06. The van der Waals surface area contributed by atoms with Crippen molar-refractivity contribution in [3.63, 3.8) is 0 Å². The highest BCUT2D eigenvalue weighted by molar-refractivity contribution is 8.00. The van der Waals surface area contributed by atoms with E-state index in [0.717, 1.165) is 18.6 Å². The van der Waals surface area contributed by atoms with Crippen molar-refractivity contribution in [2.24, 2.45) is 5.11 Å². The predicted molar refractivity (Wildman–Crippen MR) is 52.5 cm³/mol. The molecule has 13 heavy (non-hydrogen) atoms. The van der Waals surface area contributed by atoms with Gasteiger partial charge < -0.3 is 5.32 Å². The molecule has 0 aromatic carbocycles. The van der Waals surface area contributed by atoms with Crippen molar-refractivity contribution < 1.29 is 4.79 Å². The molecule has 1 saturated heterocycles. The van der Waals surface area contributed by atoms with Gasteiger partial charge in [-0.05, 0) is 24.1 Å². The number of azide groups is 1. The van der Waals surface area contributed by atoms with E-state index in [0.29, 0.717) is 13.1 Å². The first-order valence-corrected chi connectivity index (χ1v) is 5.29. The van der Waals surface area contributed by atoms with E-state index in [1.807, 2.05) is 0 Å². The van der Waals surface area contributed by atoms with E-state index >= 15 is 0 Å². The molecule has 1 heterocycles. The van der Waals surface area contributed by atoms with Crippen molar-refractivity contribution in [1.29, 1.82) is 0 Å². The normalized spacial score (nSPS) is 20.8. The zero-order valence-corrected chi connectivity index (χ0v) is 8.09. The second kappa shape index (κ2) is 5.72. The molecule has 1 aliphatic rings. The van der Waals surface area contributed by atoms with Crippen LogP contribution in [0.25, 0.3) is 10.4 Å². The average Bonchev–Trinajstić information content (AvgIpc) is 2.65. The van der Waals surface area contributed by atoms with Crippen LogP contribution in [0.5, 0.6) is 0 Å². The van der Waals surface area contributed by atoms with Gasteiger partial charge in [-0.3, -0.25) is 4.79 Å². The van der Waals surface area contributed by atoms with Gasteiger partial charge in [0.15, 0.2) is 0 Å². The number of carbonyl (C=O) groups excluding carboxylic acids is 1. The summed E-state index contributed by atoms with van der Waals surface area (Å²) in [5.74, 6) is 1.16. The van der Waals surface area contributed by atoms with E-state index in [2.05, 4.69) is 15.3 Å². The smallest absolute Gasteiger partial charge is 0.233 e. The van der Waals surface area contributed by atoms with Gasteiger partial charge in [-0.25, -0.2) is 0 Å². The molecule has 6 heteroatoms. The third kappa shape index (κ3) is 3.57. The molecule has 0 bridgehead atoms. The number of hydrogen-bond donors (Lipinski definition) is 1. The van der Waals surface area contributed by atoms with Crippen molar-refractivity contribution in [1.82, 2.24) is 5.32 Å². The Balaban J connectivity index is 2.13. The summed E-state index contributed by atoms with van der Waals surface area (Å²) in [6.07, 6.45) is 2.09. The SMILES string of the molecule is [N-]=[N+]=NCCNC(=O)C1CCCS1. The van der Waals surface area contributed by atoms with Gasteiger partial charge in [-0.1, -0.05) is 5.11 Å². The fourth-order valence-electron chi connectivity index (χ4n) is 1.17. The van der Waals surface area contributed by atoms with Crippen molar-refractivity contribution in [3.8, 4) is 0 Å². The first-order valence-electron chi connectivity index (χ1n) is 4.25. The van der Waals surface area contributed by atoms with E-state index in [1.54, 1.807) is 11.8 Å². The van der Waals surface area contributed by atoms with E-state index in [1.165, 1.54) is 0 Å². The van der Waals surface area contributed by atoms with Crippen molar-refractivity contribution in [2.45, 2.75) is 18.1 Å². The molecular weight excluding hydrogens is 188 g/mol. The lowest BCUT2D eigenvalue weighted by Crippen LogP contribution is -2.32. The summed E-state index contributed by atoms with van der Waals surface area (Å²) >= 11 is 1.70. The van der Waals surface area contributed by atoms with E-state index in [4.69, 9.17) is 5.53 Å². The molecular formula is C7H12N4OS. The Bertz CT molecular complexity index is 221. The molecule has 1 N–H and O–H groups in total. The minimum absolute atomic E-state index is 0.0793. The second-order valence-electron chi connectivity index (χ2n) is 2.75. The minimum atomic E-state index is 0.0793. The van der Waals surface area contributed by atoms with Gasteiger partial charge in [0, 0.05) is 18.0 Å². The van der Waals surface area contributed by atoms with Crippen LogP contribution in [0.15, 0.2) is 5.11 Å². The Morgan fingerprint density at radius 3 is 3.23 bits per heavy atom. The number of rotatable bonds is 4. The zero-order valence-electron chi connectivity index (χ0n) is 7.27. The van der Waals surface area contributed by atoms with Crippen LogP contribution in [-0.4, -0.2) is 30.0 Å². The van der Waals surface area contributed by atoms with Crippen LogP contribution in [0.2, 0.25) is 0 Å². The summed E-state index contributed by atoms with van der Waals surface area (Å²) in [5, 5.41) is 6.18. The van der Waals surface area contributed by atoms with E-state index in [9.17, 15) is 4.79 Å². The van der Waals surface area contributed by atoms with Gasteiger partial charge in [0.2, 0.25) is 5.91 Å². The highest BCUT2D eigenvalue weighted by atomic mass is 32.2. The predicted octanol–water partition coefficient (Wildman–Crippen LogP) is 1.31. The maximum absolute atomic E-state index is 11.3. The van der Waals surface area contributed by atoms with Gasteiger partial charge in [0.25, 0.3) is 0 Å². The molecule has 0 saturated carbocycles. The Labute approximate surface area is 80.9 Å². The Morgan fingerprint density at radius 2 is 2.62 bits per heavy atom. The lowest BCUT2D eigenvalue weighted by atomic mass is 10.2. The summed E-state index contributed by atoms with van der Waals surface area (Å²) in [7, 11) is 0. The molecule has 5 nitrogen and oxygen atoms in total. The molecule has 1 fully saturated rings. The monoisotopic (exact) mass is 200 g/mol. The highest BCUT2D eigenvalue weighted by Gasteiger charge is 2.22. The topological polar surface area (TPSA) is 77.9 Å². The van der Waals surface area contributed by atoms with Gasteiger partial charge in [-0.2, -0.15) is 0 Å². The molecule has 1 atom stereocenters. The molecule has 0 radical (unpaired) electrons. The molecule has 0 aliphatic carbocycles. The maximum atomic E-state index is 11.3. The largest absolute Gasteiger partial charge is 0.355 e. The van der Waals surface area contributed by atoms with E-state index in [-0.39, 0.29) is 11.2 Å². The lowest BCUT2D eigenvalue weighted by Gasteiger charge is -2.07. The quantitative estimate of drug-likeness (QED) is 0.321. The molecule has 1 amide bonds. The fourth-order valence-corrected chi connectivity index (χ4v) is 2.36. The number of carbonyl (C=O) groups is 1. The summed E-state index contributed by atoms with van der Waals surface area (Å²) < 4.78 is 0. The van der Waals surface area contributed by atoms with Crippen LogP contribution >= 0.6 is 11.8 Å². The Morgan fingerprint density at radius 1 is 1.77 bits per heavy atom. The number of hydrogen-bond acceptors (Lipinski definition) is 3. The summed E-state index contributed by atoms with van der Waals surface area (Å²) in [4.78, 5) is 13.9. The Kier molecular flexibility index (Phi) is 4.49. The van der Waals surface area contributed by atoms with Crippen LogP contribution in [0, 0.1) is 0 Å². The summed E-state index contributed by atoms with van der Waals surface area (Å²) in [6.45, 7) is 0.777. The first-order chi connectivity index (χ1) is 6.34. The fraction of sp³-hybridized carbons (Fsp3) is 0.857. The third-order valence-corrected chi connectivity index (χ3v) is 3.17. The molecule has 1 aliphatic heterocycles. The number of thioether (sulfide) groups is 1. The summed E-state index contributed by atoms with van der Waals surface area (Å²) in [6, 6.07) is 0. The Hall–Kier alpha value is -0.870. The van der Waals surface area contributed by atoms with Crippen LogP contribution in [-0.2, 0) is 4.79 Å². The molecule has 1 unspecified atom stereocenters. The van der Waals surface area contributed by atoms with Crippen LogP contribution in [0.4, 0.5) is 0 Å². The highest BCUT2D eigenvalue weighted by Crippen LogP contribution is 2.25. The van der Waals surface area contributed by atoms with Gasteiger partial charge in [0.05, 0.1) is 5.25 Å². The molecule has 0 aromatic rings. The van der Waals surface area contributed by atoms with Crippen molar-refractivity contribution >= 4 is 17.7 Å². The summed E-state index contributed by atoms with van der Waals surface area (Å²) in [5.41, 5.74) is 7.98. The van der Waals surface area contributed by atoms with Crippen molar-refractivity contribution in [2.75, 3.05) is 18.8 Å². The van der Waals surface area contributed by atoms with E-state index < -0.39 is 0 Å². The average molecular weight is 200 g/mol. The molecule has 0 spiro atoms. The van der Waals surface area contributed by atoms with Crippen LogP contribution < -0.4 is 5.32 Å². The first kappa shape index (κ1) is 10.2. The van der Waals surface area contributed by atoms with Gasteiger partial charge in [-0.15, -0.1) is 11.8 Å². The molecule has 72 valence electrons. The number of amides is 1. The lowest BCUT2D eigenvalue weighted by molar-refractivity contribution is -0.120. The minimum Gasteiger partial charge on any atom is -0.355 e. The number of nitrogens with zero attached hydrogens (tertiary/aromatic N) is 3. The van der Waals surface area contributed by atoms with Gasteiger partial charge in [0.1, 0.15) is 0 Å². The number of nitrogens with one attached hydrogen (secondary N) is 1. The van der Waals surface area contributed by atoms with Gasteiger partial charge >= 0.3 is 0 Å². The van der Waals surface area contributed by atoms with Crippen molar-refractivity contribution in [3.05, 3.63) is 10.4 Å².